The van der Waals surface area contributed by atoms with Crippen molar-refractivity contribution in [3.05, 3.63) is 0 Å². The molecule has 1 amide bonds. The fourth-order valence-corrected chi connectivity index (χ4v) is 2.38. The summed E-state index contributed by atoms with van der Waals surface area (Å²) in [7, 11) is 0. The van der Waals surface area contributed by atoms with Crippen LogP contribution in [0.4, 0.5) is 0 Å². The molecular formula is C11H20BrNO. The third-order valence-corrected chi connectivity index (χ3v) is 3.34. The lowest BCUT2D eigenvalue weighted by Gasteiger charge is -2.15. The van der Waals surface area contributed by atoms with Crippen LogP contribution < -0.4 is 5.32 Å². The number of amides is 1. The monoisotopic (exact) mass is 261 g/mol. The first-order valence-electron chi connectivity index (χ1n) is 5.57. The molecule has 1 rings (SSSR count). The summed E-state index contributed by atoms with van der Waals surface area (Å²) >= 11 is 3.28. The second kappa shape index (κ2) is 6.44. The topological polar surface area (TPSA) is 29.1 Å². The van der Waals surface area contributed by atoms with Crippen molar-refractivity contribution >= 4 is 21.8 Å². The van der Waals surface area contributed by atoms with E-state index >= 15 is 0 Å². The van der Waals surface area contributed by atoms with Gasteiger partial charge in [0.15, 0.2) is 0 Å². The molecule has 0 aromatic carbocycles. The number of carbonyl (C=O) groups is 1. The van der Waals surface area contributed by atoms with E-state index in [1.54, 1.807) is 0 Å². The van der Waals surface area contributed by atoms with E-state index in [0.717, 1.165) is 17.7 Å². The third kappa shape index (κ3) is 4.45. The Kier molecular flexibility index (Phi) is 5.53. The Balaban J connectivity index is 2.26. The SMILES string of the molecule is CC1CCCC(NC(=O)CCBr)CC1. The van der Waals surface area contributed by atoms with Gasteiger partial charge in [-0.05, 0) is 25.2 Å². The number of halogens is 1. The summed E-state index contributed by atoms with van der Waals surface area (Å²) in [6, 6.07) is 0.437. The van der Waals surface area contributed by atoms with Crippen LogP contribution in [0.5, 0.6) is 0 Å². The maximum Gasteiger partial charge on any atom is 0.221 e. The van der Waals surface area contributed by atoms with Crippen LogP contribution in [-0.2, 0) is 4.79 Å². The van der Waals surface area contributed by atoms with Gasteiger partial charge in [-0.2, -0.15) is 0 Å². The molecular weight excluding hydrogens is 242 g/mol. The van der Waals surface area contributed by atoms with E-state index in [-0.39, 0.29) is 5.91 Å². The molecule has 3 heteroatoms. The summed E-state index contributed by atoms with van der Waals surface area (Å²) in [6.45, 7) is 2.31. The minimum Gasteiger partial charge on any atom is -0.353 e. The van der Waals surface area contributed by atoms with Gasteiger partial charge in [0.05, 0.1) is 0 Å². The molecule has 0 aromatic rings. The predicted molar refractivity (Wildman–Crippen MR) is 62.6 cm³/mol. The van der Waals surface area contributed by atoms with E-state index in [0.29, 0.717) is 12.5 Å². The average molecular weight is 262 g/mol. The fraction of sp³-hybridized carbons (Fsp3) is 0.909. The molecule has 0 heterocycles. The number of hydrogen-bond acceptors (Lipinski definition) is 1. The zero-order chi connectivity index (χ0) is 10.4. The van der Waals surface area contributed by atoms with Crippen molar-refractivity contribution in [3.8, 4) is 0 Å². The van der Waals surface area contributed by atoms with E-state index in [2.05, 4.69) is 28.2 Å². The summed E-state index contributed by atoms with van der Waals surface area (Å²) in [6.07, 6.45) is 6.78. The lowest BCUT2D eigenvalue weighted by atomic mass is 10.0. The molecule has 2 nitrogen and oxygen atoms in total. The molecule has 0 saturated heterocycles. The van der Waals surface area contributed by atoms with E-state index in [1.807, 2.05) is 0 Å². The number of alkyl halides is 1. The van der Waals surface area contributed by atoms with Crippen LogP contribution in [-0.4, -0.2) is 17.3 Å². The number of rotatable bonds is 3. The average Bonchev–Trinajstić information content (AvgIpc) is 2.32. The Morgan fingerprint density at radius 2 is 2.14 bits per heavy atom. The molecule has 14 heavy (non-hydrogen) atoms. The Bertz CT molecular complexity index is 184. The first kappa shape index (κ1) is 12.0. The first-order chi connectivity index (χ1) is 6.72. The second-order valence-electron chi connectivity index (χ2n) is 4.32. The van der Waals surface area contributed by atoms with Gasteiger partial charge < -0.3 is 5.32 Å². The van der Waals surface area contributed by atoms with Crippen molar-refractivity contribution < 1.29 is 4.79 Å². The van der Waals surface area contributed by atoms with Crippen LogP contribution in [0.25, 0.3) is 0 Å². The largest absolute Gasteiger partial charge is 0.353 e. The van der Waals surface area contributed by atoms with Gasteiger partial charge >= 0.3 is 0 Å². The van der Waals surface area contributed by atoms with Gasteiger partial charge in [0, 0.05) is 17.8 Å². The van der Waals surface area contributed by atoms with Crippen molar-refractivity contribution in [2.24, 2.45) is 5.92 Å². The van der Waals surface area contributed by atoms with Crippen LogP contribution in [0.2, 0.25) is 0 Å². The molecule has 1 aliphatic carbocycles. The van der Waals surface area contributed by atoms with Gasteiger partial charge in [0.1, 0.15) is 0 Å². The fourth-order valence-electron chi connectivity index (χ4n) is 2.02. The highest BCUT2D eigenvalue weighted by molar-refractivity contribution is 9.09. The molecule has 82 valence electrons. The lowest BCUT2D eigenvalue weighted by Crippen LogP contribution is -2.34. The summed E-state index contributed by atoms with van der Waals surface area (Å²) < 4.78 is 0. The Morgan fingerprint density at radius 3 is 2.86 bits per heavy atom. The molecule has 1 aliphatic rings. The van der Waals surface area contributed by atoms with Crippen LogP contribution in [0.1, 0.15) is 45.4 Å². The van der Waals surface area contributed by atoms with Gasteiger partial charge in [-0.25, -0.2) is 0 Å². The van der Waals surface area contributed by atoms with Gasteiger partial charge in [0.25, 0.3) is 0 Å². The van der Waals surface area contributed by atoms with E-state index in [1.165, 1.54) is 25.7 Å². The van der Waals surface area contributed by atoms with Crippen molar-refractivity contribution in [1.82, 2.24) is 5.32 Å². The van der Waals surface area contributed by atoms with Crippen LogP contribution in [0.15, 0.2) is 0 Å². The Labute approximate surface area is 95.0 Å². The van der Waals surface area contributed by atoms with E-state index < -0.39 is 0 Å². The third-order valence-electron chi connectivity index (χ3n) is 2.94. The van der Waals surface area contributed by atoms with Crippen LogP contribution >= 0.6 is 15.9 Å². The summed E-state index contributed by atoms with van der Waals surface area (Å²) in [5, 5.41) is 3.88. The number of nitrogens with one attached hydrogen (secondary N) is 1. The molecule has 1 fully saturated rings. The van der Waals surface area contributed by atoms with Gasteiger partial charge in [-0.15, -0.1) is 0 Å². The molecule has 0 aliphatic heterocycles. The van der Waals surface area contributed by atoms with Crippen LogP contribution in [0.3, 0.4) is 0 Å². The second-order valence-corrected chi connectivity index (χ2v) is 5.11. The van der Waals surface area contributed by atoms with Gasteiger partial charge in [0.2, 0.25) is 5.91 Å². The van der Waals surface area contributed by atoms with Crippen molar-refractivity contribution in [1.29, 1.82) is 0 Å². The minimum absolute atomic E-state index is 0.196. The Hall–Kier alpha value is -0.0500. The maximum atomic E-state index is 11.4. The quantitative estimate of drug-likeness (QED) is 0.615. The van der Waals surface area contributed by atoms with Crippen molar-refractivity contribution in [2.75, 3.05) is 5.33 Å². The summed E-state index contributed by atoms with van der Waals surface area (Å²) in [5.74, 6) is 1.04. The number of carbonyl (C=O) groups excluding carboxylic acids is 1. The van der Waals surface area contributed by atoms with Crippen molar-refractivity contribution in [2.45, 2.75) is 51.5 Å². The highest BCUT2D eigenvalue weighted by Crippen LogP contribution is 2.22. The van der Waals surface area contributed by atoms with Gasteiger partial charge in [-0.1, -0.05) is 35.7 Å². The van der Waals surface area contributed by atoms with Crippen molar-refractivity contribution in [3.63, 3.8) is 0 Å². The summed E-state index contributed by atoms with van der Waals surface area (Å²) in [5.41, 5.74) is 0. The van der Waals surface area contributed by atoms with Crippen LogP contribution in [0, 0.1) is 5.92 Å². The smallest absolute Gasteiger partial charge is 0.221 e. The molecule has 0 aromatic heterocycles. The minimum atomic E-state index is 0.196. The molecule has 0 radical (unpaired) electrons. The first-order valence-corrected chi connectivity index (χ1v) is 6.70. The predicted octanol–water partition coefficient (Wildman–Crippen LogP) is 2.86. The molecule has 0 spiro atoms. The van der Waals surface area contributed by atoms with Gasteiger partial charge in [-0.3, -0.25) is 4.79 Å². The molecule has 1 N–H and O–H groups in total. The number of hydrogen-bond donors (Lipinski definition) is 1. The maximum absolute atomic E-state index is 11.4. The highest BCUT2D eigenvalue weighted by Gasteiger charge is 2.17. The molecule has 1 saturated carbocycles. The Morgan fingerprint density at radius 1 is 1.36 bits per heavy atom. The normalized spacial score (nSPS) is 28.1. The molecule has 2 atom stereocenters. The highest BCUT2D eigenvalue weighted by atomic mass is 79.9. The molecule has 0 bridgehead atoms. The zero-order valence-corrected chi connectivity index (χ0v) is 10.5. The van der Waals surface area contributed by atoms with E-state index in [4.69, 9.17) is 0 Å². The zero-order valence-electron chi connectivity index (χ0n) is 8.89. The summed E-state index contributed by atoms with van der Waals surface area (Å²) in [4.78, 5) is 11.4. The lowest BCUT2D eigenvalue weighted by molar-refractivity contribution is -0.121. The standard InChI is InChI=1S/C11H20BrNO/c1-9-3-2-4-10(6-5-9)13-11(14)7-8-12/h9-10H,2-8H2,1H3,(H,13,14). The van der Waals surface area contributed by atoms with E-state index in [9.17, 15) is 4.79 Å². The molecule has 2 unspecified atom stereocenters.